The number of aromatic nitrogens is 4. The Labute approximate surface area is 174 Å². The molecule has 0 aliphatic rings. The summed E-state index contributed by atoms with van der Waals surface area (Å²) in [6.07, 6.45) is 5.62. The molecule has 0 fully saturated rings. The molecule has 0 radical (unpaired) electrons. The van der Waals surface area contributed by atoms with Crippen molar-refractivity contribution in [3.05, 3.63) is 61.1 Å². The molecular formula is C21H22N6O2S. The van der Waals surface area contributed by atoms with Crippen LogP contribution in [0.5, 0.6) is 0 Å². The third kappa shape index (κ3) is 4.32. The molecule has 0 saturated heterocycles. The second kappa shape index (κ2) is 7.85. The molecule has 0 aliphatic carbocycles. The van der Waals surface area contributed by atoms with Crippen LogP contribution in [-0.4, -0.2) is 28.2 Å². The lowest BCUT2D eigenvalue weighted by Crippen LogP contribution is -2.11. The van der Waals surface area contributed by atoms with E-state index in [0.29, 0.717) is 17.6 Å². The van der Waals surface area contributed by atoms with Gasteiger partial charge in [-0.15, -0.1) is 0 Å². The molecule has 0 aliphatic heterocycles. The first kappa shape index (κ1) is 20.0. The average molecular weight is 423 g/mol. The molecule has 0 unspecified atom stereocenters. The Hall–Kier alpha value is -3.30. The summed E-state index contributed by atoms with van der Waals surface area (Å²) >= 11 is 0. The molecule has 154 valence electrons. The van der Waals surface area contributed by atoms with Crippen molar-refractivity contribution in [2.45, 2.75) is 25.3 Å². The van der Waals surface area contributed by atoms with Gasteiger partial charge in [-0.25, -0.2) is 23.5 Å². The van der Waals surface area contributed by atoms with E-state index in [-0.39, 0.29) is 4.90 Å². The van der Waals surface area contributed by atoms with Crippen LogP contribution in [0.25, 0.3) is 22.0 Å². The van der Waals surface area contributed by atoms with E-state index >= 15 is 0 Å². The van der Waals surface area contributed by atoms with Crippen molar-refractivity contribution in [2.75, 3.05) is 5.32 Å². The number of anilines is 2. The number of para-hydroxylation sites is 1. The van der Waals surface area contributed by atoms with Crippen molar-refractivity contribution in [3.63, 3.8) is 0 Å². The number of primary sulfonamides is 1. The SMILES string of the molecule is CC(C)Cn1cc(-c2cccc3cnc(Nc4ccc(S(N)(=O)=O)cc4)nc23)cn1. The fraction of sp³-hybridized carbons (Fsp3) is 0.190. The summed E-state index contributed by atoms with van der Waals surface area (Å²) < 4.78 is 24.8. The summed E-state index contributed by atoms with van der Waals surface area (Å²) in [7, 11) is -3.73. The summed E-state index contributed by atoms with van der Waals surface area (Å²) in [4.78, 5) is 9.10. The Kier molecular flexibility index (Phi) is 5.23. The van der Waals surface area contributed by atoms with Crippen molar-refractivity contribution < 1.29 is 8.42 Å². The zero-order valence-corrected chi connectivity index (χ0v) is 17.5. The predicted molar refractivity (Wildman–Crippen MR) is 117 cm³/mol. The molecule has 4 rings (SSSR count). The molecule has 2 aromatic carbocycles. The van der Waals surface area contributed by atoms with E-state index in [1.54, 1.807) is 18.3 Å². The zero-order valence-electron chi connectivity index (χ0n) is 16.6. The average Bonchev–Trinajstić information content (AvgIpc) is 3.14. The summed E-state index contributed by atoms with van der Waals surface area (Å²) in [5.74, 6) is 0.914. The minimum atomic E-state index is -3.73. The number of nitrogens with two attached hydrogens (primary N) is 1. The Morgan fingerprint density at radius 2 is 1.87 bits per heavy atom. The first-order valence-corrected chi connectivity index (χ1v) is 11.0. The van der Waals surface area contributed by atoms with Crippen LogP contribution in [-0.2, 0) is 16.6 Å². The van der Waals surface area contributed by atoms with Crippen molar-refractivity contribution in [1.82, 2.24) is 19.7 Å². The third-order valence-corrected chi connectivity index (χ3v) is 5.48. The van der Waals surface area contributed by atoms with Crippen LogP contribution in [0, 0.1) is 5.92 Å². The van der Waals surface area contributed by atoms with Gasteiger partial charge in [-0.3, -0.25) is 4.68 Å². The van der Waals surface area contributed by atoms with Gasteiger partial charge in [-0.05, 0) is 30.2 Å². The molecule has 0 bridgehead atoms. The molecule has 2 heterocycles. The van der Waals surface area contributed by atoms with Crippen LogP contribution in [0.15, 0.2) is 66.0 Å². The molecule has 4 aromatic rings. The highest BCUT2D eigenvalue weighted by molar-refractivity contribution is 7.89. The van der Waals surface area contributed by atoms with E-state index < -0.39 is 10.0 Å². The van der Waals surface area contributed by atoms with Gasteiger partial charge in [-0.2, -0.15) is 5.10 Å². The second-order valence-corrected chi connectivity index (χ2v) is 9.04. The Balaban J connectivity index is 1.67. The lowest BCUT2D eigenvalue weighted by Gasteiger charge is -2.09. The molecule has 0 atom stereocenters. The summed E-state index contributed by atoms with van der Waals surface area (Å²) in [5, 5.41) is 13.6. The van der Waals surface area contributed by atoms with Crippen LogP contribution < -0.4 is 10.5 Å². The van der Waals surface area contributed by atoms with E-state index in [1.807, 2.05) is 35.3 Å². The normalized spacial score (nSPS) is 11.9. The predicted octanol–water partition coefficient (Wildman–Crippen LogP) is 3.54. The van der Waals surface area contributed by atoms with Gasteiger partial charge in [0, 0.05) is 41.1 Å². The number of sulfonamides is 1. The highest BCUT2D eigenvalue weighted by Crippen LogP contribution is 2.28. The molecule has 9 heteroatoms. The number of hydrogen-bond donors (Lipinski definition) is 2. The maximum absolute atomic E-state index is 11.4. The number of fused-ring (bicyclic) bond motifs is 1. The molecule has 8 nitrogen and oxygen atoms in total. The Bertz CT molecular complexity index is 1300. The molecular weight excluding hydrogens is 400 g/mol. The van der Waals surface area contributed by atoms with E-state index in [9.17, 15) is 8.42 Å². The third-order valence-electron chi connectivity index (χ3n) is 4.55. The van der Waals surface area contributed by atoms with Crippen molar-refractivity contribution in [2.24, 2.45) is 11.1 Å². The molecule has 30 heavy (non-hydrogen) atoms. The van der Waals surface area contributed by atoms with E-state index in [1.165, 1.54) is 12.1 Å². The largest absolute Gasteiger partial charge is 0.324 e. The minimum Gasteiger partial charge on any atom is -0.324 e. The highest BCUT2D eigenvalue weighted by Gasteiger charge is 2.11. The van der Waals surface area contributed by atoms with Gasteiger partial charge in [0.2, 0.25) is 16.0 Å². The smallest absolute Gasteiger partial charge is 0.238 e. The highest BCUT2D eigenvalue weighted by atomic mass is 32.2. The molecule has 2 aromatic heterocycles. The van der Waals surface area contributed by atoms with Crippen LogP contribution in [0.1, 0.15) is 13.8 Å². The maximum atomic E-state index is 11.4. The Morgan fingerprint density at radius 3 is 2.57 bits per heavy atom. The number of nitrogens with zero attached hydrogens (tertiary/aromatic N) is 4. The quantitative estimate of drug-likeness (QED) is 0.491. The van der Waals surface area contributed by atoms with Gasteiger partial charge in [-0.1, -0.05) is 32.0 Å². The molecule has 3 N–H and O–H groups in total. The molecule has 0 amide bonds. The van der Waals surface area contributed by atoms with Crippen LogP contribution in [0.2, 0.25) is 0 Å². The fourth-order valence-electron chi connectivity index (χ4n) is 3.18. The number of hydrogen-bond acceptors (Lipinski definition) is 6. The van der Waals surface area contributed by atoms with Crippen LogP contribution in [0.3, 0.4) is 0 Å². The van der Waals surface area contributed by atoms with Gasteiger partial charge in [0.25, 0.3) is 0 Å². The fourth-order valence-corrected chi connectivity index (χ4v) is 3.70. The van der Waals surface area contributed by atoms with Gasteiger partial charge in [0.1, 0.15) is 0 Å². The zero-order chi connectivity index (χ0) is 21.3. The topological polar surface area (TPSA) is 116 Å². The first-order valence-electron chi connectivity index (χ1n) is 9.48. The summed E-state index contributed by atoms with van der Waals surface area (Å²) in [6.45, 7) is 5.15. The Morgan fingerprint density at radius 1 is 1.10 bits per heavy atom. The standard InChI is InChI=1S/C21H22N6O2S/c1-14(2)12-27-13-16(11-24-27)19-5-3-4-15-10-23-21(26-20(15)19)25-17-6-8-18(9-7-17)30(22,28)29/h3-11,13-14H,12H2,1-2H3,(H2,22,28,29)(H,23,25,26). The van der Waals surface area contributed by atoms with Gasteiger partial charge < -0.3 is 5.32 Å². The number of benzene rings is 2. The van der Waals surface area contributed by atoms with E-state index in [4.69, 9.17) is 5.14 Å². The van der Waals surface area contributed by atoms with E-state index in [2.05, 4.69) is 34.2 Å². The lowest BCUT2D eigenvalue weighted by atomic mass is 10.1. The van der Waals surface area contributed by atoms with Crippen molar-refractivity contribution in [3.8, 4) is 11.1 Å². The van der Waals surface area contributed by atoms with Crippen LogP contribution in [0.4, 0.5) is 11.6 Å². The van der Waals surface area contributed by atoms with Gasteiger partial charge in [0.05, 0.1) is 16.6 Å². The lowest BCUT2D eigenvalue weighted by molar-refractivity contribution is 0.483. The maximum Gasteiger partial charge on any atom is 0.238 e. The second-order valence-electron chi connectivity index (χ2n) is 7.48. The minimum absolute atomic E-state index is 0.0492. The van der Waals surface area contributed by atoms with E-state index in [0.717, 1.165) is 28.6 Å². The number of nitrogens with one attached hydrogen (secondary N) is 1. The number of rotatable bonds is 6. The first-order chi connectivity index (χ1) is 14.3. The van der Waals surface area contributed by atoms with Crippen LogP contribution >= 0.6 is 0 Å². The molecule has 0 spiro atoms. The van der Waals surface area contributed by atoms with Gasteiger partial charge in [0.15, 0.2) is 0 Å². The molecule has 0 saturated carbocycles. The van der Waals surface area contributed by atoms with Crippen molar-refractivity contribution >= 4 is 32.6 Å². The van der Waals surface area contributed by atoms with Gasteiger partial charge >= 0.3 is 0 Å². The summed E-state index contributed by atoms with van der Waals surface area (Å²) in [6, 6.07) is 12.1. The summed E-state index contributed by atoms with van der Waals surface area (Å²) in [5.41, 5.74) is 3.42. The van der Waals surface area contributed by atoms with Crippen molar-refractivity contribution in [1.29, 1.82) is 0 Å². The monoisotopic (exact) mass is 422 g/mol.